The zero-order chi connectivity index (χ0) is 23.2. The van der Waals surface area contributed by atoms with Gasteiger partial charge >= 0.3 is 7.67 Å². The van der Waals surface area contributed by atoms with Gasteiger partial charge in [-0.25, -0.2) is 9.34 Å². The normalized spacial score (nSPS) is 35.8. The maximum Gasteiger partial charge on any atom is 0.346 e. The monoisotopic (exact) mass is 336 g/mol. The van der Waals surface area contributed by atoms with Gasteiger partial charge in [0.05, 0.1) is 22.5 Å². The van der Waals surface area contributed by atoms with Gasteiger partial charge in [-0.15, -0.1) is 0 Å². The van der Waals surface area contributed by atoms with Gasteiger partial charge in [-0.3, -0.25) is 4.57 Å². The van der Waals surface area contributed by atoms with Crippen LogP contribution in [0.25, 0.3) is 0 Å². The van der Waals surface area contributed by atoms with Crippen molar-refractivity contribution in [3.8, 4) is 0 Å². The average molecular weight is 336 g/mol. The fraction of sp³-hybridized carbons (Fsp3) is 0.600. The van der Waals surface area contributed by atoms with E-state index < -0.39 is 59.4 Å². The van der Waals surface area contributed by atoms with Crippen LogP contribution in [0.15, 0.2) is 30.3 Å². The van der Waals surface area contributed by atoms with Crippen molar-refractivity contribution in [1.82, 2.24) is 9.34 Å². The molecule has 1 aromatic rings. The molecule has 2 N–H and O–H groups in total. The number of benzene rings is 1. The zero-order valence-corrected chi connectivity index (χ0v) is 13.0. The Hall–Kier alpha value is -0.750. The van der Waals surface area contributed by atoms with Gasteiger partial charge in [0.2, 0.25) is 0 Å². The number of hydrogen-bond acceptors (Lipinski definition) is 4. The van der Waals surface area contributed by atoms with E-state index in [1.54, 1.807) is 30.3 Å². The highest BCUT2D eigenvalue weighted by Gasteiger charge is 2.43. The highest BCUT2D eigenvalue weighted by molar-refractivity contribution is 7.54. The van der Waals surface area contributed by atoms with Crippen LogP contribution >= 0.6 is 7.67 Å². The largest absolute Gasteiger partial charge is 0.395 e. The Bertz CT molecular complexity index is 793. The number of aliphatic hydroxyl groups excluding tert-OH is 1. The summed E-state index contributed by atoms with van der Waals surface area (Å²) in [6, 6.07) is 6.99. The molecule has 1 fully saturated rings. The molecular formula is C15H25N2O4P. The summed E-state index contributed by atoms with van der Waals surface area (Å²) in [5.74, 6) is 0. The quantitative estimate of drug-likeness (QED) is 0.741. The smallest absolute Gasteiger partial charge is 0.346 e. The molecule has 1 heterocycles. The number of rotatable bonds is 7. The standard InChI is InChI=1S/C15H25N2O4P/c1-14(15-6-3-2-4-7-15)17-8-5-13-21-22(17,20)16(9-11-18)10-12-19/h2-4,6-7,14,18-19H,5,8-13H2,1H3/i5D2,8D2,9D2,11D2. The summed E-state index contributed by atoms with van der Waals surface area (Å²) in [5, 5.41) is 19.1. The molecule has 0 amide bonds. The summed E-state index contributed by atoms with van der Waals surface area (Å²) < 4.78 is 83.8. The van der Waals surface area contributed by atoms with Gasteiger partial charge in [0.25, 0.3) is 0 Å². The van der Waals surface area contributed by atoms with E-state index in [2.05, 4.69) is 0 Å². The minimum atomic E-state index is -4.87. The van der Waals surface area contributed by atoms with Gasteiger partial charge in [-0.2, -0.15) is 0 Å². The van der Waals surface area contributed by atoms with Crippen LogP contribution in [0.5, 0.6) is 0 Å². The van der Waals surface area contributed by atoms with E-state index in [1.165, 1.54) is 6.92 Å². The summed E-state index contributed by atoms with van der Waals surface area (Å²) in [4.78, 5) is 0. The maximum atomic E-state index is 14.1. The van der Waals surface area contributed by atoms with Gasteiger partial charge < -0.3 is 14.7 Å². The first-order chi connectivity index (χ1) is 13.5. The third kappa shape index (κ3) is 3.77. The Morgan fingerprint density at radius 1 is 1.50 bits per heavy atom. The summed E-state index contributed by atoms with van der Waals surface area (Å²) in [5.41, 5.74) is 0.416. The maximum absolute atomic E-state index is 14.1. The van der Waals surface area contributed by atoms with E-state index in [-0.39, 0.29) is 4.67 Å². The zero-order valence-electron chi connectivity index (χ0n) is 20.1. The lowest BCUT2D eigenvalue weighted by Gasteiger charge is -2.43. The molecule has 0 aromatic heterocycles. The van der Waals surface area contributed by atoms with Crippen molar-refractivity contribution in [2.24, 2.45) is 0 Å². The van der Waals surface area contributed by atoms with E-state index in [0.717, 1.165) is 0 Å². The molecule has 2 unspecified atom stereocenters. The Labute approximate surface area is 143 Å². The Morgan fingerprint density at radius 3 is 2.86 bits per heavy atom. The highest BCUT2D eigenvalue weighted by atomic mass is 31.2. The summed E-state index contributed by atoms with van der Waals surface area (Å²) in [6.07, 6.45) is -2.65. The van der Waals surface area contributed by atoms with Crippen LogP contribution in [0.1, 0.15) is 35.9 Å². The molecule has 0 bridgehead atoms. The first-order valence-electron chi connectivity index (χ1n) is 10.7. The molecule has 1 aliphatic rings. The molecule has 6 nitrogen and oxygen atoms in total. The second kappa shape index (κ2) is 8.20. The van der Waals surface area contributed by atoms with Crippen molar-refractivity contribution < 1.29 is 30.3 Å². The lowest BCUT2D eigenvalue weighted by Crippen LogP contribution is -2.40. The van der Waals surface area contributed by atoms with E-state index in [9.17, 15) is 14.8 Å². The molecule has 1 saturated heterocycles. The van der Waals surface area contributed by atoms with E-state index in [1.807, 2.05) is 0 Å². The van der Waals surface area contributed by atoms with Gasteiger partial charge in [-0.1, -0.05) is 30.3 Å². The van der Waals surface area contributed by atoms with Crippen LogP contribution in [0.2, 0.25) is 0 Å². The van der Waals surface area contributed by atoms with E-state index in [0.29, 0.717) is 10.2 Å². The SMILES string of the molecule is [2H]C([2H])(O)C([2H])([2H])N(CCO)P1(=O)OCC([2H])([2H])C([2H])([2H])N1C(C)c1ccccc1. The van der Waals surface area contributed by atoms with Crippen LogP contribution in [0.3, 0.4) is 0 Å². The lowest BCUT2D eigenvalue weighted by atomic mass is 10.1. The second-order valence-corrected chi connectivity index (χ2v) is 6.71. The predicted molar refractivity (Wildman–Crippen MR) is 85.5 cm³/mol. The van der Waals surface area contributed by atoms with Gasteiger partial charge in [-0.05, 0) is 18.9 Å². The van der Waals surface area contributed by atoms with Crippen LogP contribution in [0.4, 0.5) is 0 Å². The van der Waals surface area contributed by atoms with Crippen molar-refractivity contribution in [2.75, 3.05) is 39.3 Å². The molecule has 0 aliphatic carbocycles. The molecule has 2 atom stereocenters. The fourth-order valence-electron chi connectivity index (χ4n) is 2.13. The molecular weight excluding hydrogens is 303 g/mol. The average Bonchev–Trinajstić information content (AvgIpc) is 2.63. The van der Waals surface area contributed by atoms with Crippen molar-refractivity contribution in [3.63, 3.8) is 0 Å². The summed E-state index contributed by atoms with van der Waals surface area (Å²) in [6.45, 7) is -11.1. The minimum absolute atomic E-state index is 0.243. The van der Waals surface area contributed by atoms with Crippen LogP contribution in [-0.4, -0.2) is 58.9 Å². The Kier molecular flexibility index (Phi) is 3.55. The first kappa shape index (κ1) is 9.52. The number of nitrogens with zero attached hydrogens (tertiary/aromatic N) is 2. The highest BCUT2D eigenvalue weighted by Crippen LogP contribution is 2.59. The van der Waals surface area contributed by atoms with Crippen LogP contribution in [0, 0.1) is 0 Å². The minimum Gasteiger partial charge on any atom is -0.395 e. The predicted octanol–water partition coefficient (Wildman–Crippen LogP) is 1.86. The third-order valence-electron chi connectivity index (χ3n) is 3.22. The molecule has 1 aliphatic heterocycles. The molecule has 0 saturated carbocycles. The van der Waals surface area contributed by atoms with Crippen molar-refractivity contribution in [3.05, 3.63) is 35.9 Å². The first-order valence-corrected chi connectivity index (χ1v) is 8.28. The van der Waals surface area contributed by atoms with Gasteiger partial charge in [0.15, 0.2) is 0 Å². The third-order valence-corrected chi connectivity index (χ3v) is 5.58. The molecule has 0 radical (unpaired) electrons. The van der Waals surface area contributed by atoms with E-state index >= 15 is 0 Å². The van der Waals surface area contributed by atoms with Crippen molar-refractivity contribution in [2.45, 2.75) is 19.3 Å². The Morgan fingerprint density at radius 2 is 2.23 bits per heavy atom. The Balaban J connectivity index is 2.73. The molecule has 1 aromatic carbocycles. The molecule has 7 heteroatoms. The summed E-state index contributed by atoms with van der Waals surface area (Å²) >= 11 is 0. The molecule has 124 valence electrons. The number of aliphatic hydroxyl groups is 2. The van der Waals surface area contributed by atoms with Gasteiger partial charge in [0.1, 0.15) is 0 Å². The lowest BCUT2D eigenvalue weighted by molar-refractivity contribution is 0.126. The van der Waals surface area contributed by atoms with Crippen LogP contribution in [-0.2, 0) is 9.09 Å². The van der Waals surface area contributed by atoms with Crippen molar-refractivity contribution >= 4 is 7.67 Å². The van der Waals surface area contributed by atoms with Crippen LogP contribution < -0.4 is 0 Å². The summed E-state index contributed by atoms with van der Waals surface area (Å²) in [7, 11) is -4.87. The second-order valence-electron chi connectivity index (χ2n) is 4.55. The molecule has 22 heavy (non-hydrogen) atoms. The van der Waals surface area contributed by atoms with Crippen molar-refractivity contribution in [1.29, 1.82) is 0 Å². The topological polar surface area (TPSA) is 73.2 Å². The van der Waals surface area contributed by atoms with Gasteiger partial charge in [0, 0.05) is 33.8 Å². The fourth-order valence-corrected chi connectivity index (χ4v) is 4.14. The number of hydrogen-bond donors (Lipinski definition) is 2. The molecule has 2 rings (SSSR count). The molecule has 0 spiro atoms. The van der Waals surface area contributed by atoms with E-state index in [4.69, 9.17) is 15.5 Å².